The van der Waals surface area contributed by atoms with Gasteiger partial charge in [-0.15, -0.1) is 0 Å². The predicted molar refractivity (Wildman–Crippen MR) is 65.4 cm³/mol. The molecule has 0 heterocycles. The summed E-state index contributed by atoms with van der Waals surface area (Å²) >= 11 is 0. The van der Waals surface area contributed by atoms with Crippen molar-refractivity contribution in [2.45, 2.75) is 47.0 Å². The van der Waals surface area contributed by atoms with Crippen LogP contribution in [0.25, 0.3) is 0 Å². The van der Waals surface area contributed by atoms with Crippen molar-refractivity contribution < 1.29 is 13.9 Å². The second kappa shape index (κ2) is 5.23. The summed E-state index contributed by atoms with van der Waals surface area (Å²) in [5.41, 5.74) is 0.384. The molecule has 1 rings (SSSR count). The van der Waals surface area contributed by atoms with Gasteiger partial charge in [-0.2, -0.15) is 0 Å². The summed E-state index contributed by atoms with van der Waals surface area (Å²) in [6.07, 6.45) is 2.72. The third-order valence-corrected chi connectivity index (χ3v) is 3.49. The van der Waals surface area contributed by atoms with Crippen LogP contribution in [0, 0.1) is 16.7 Å². The second-order valence-electron chi connectivity index (χ2n) is 6.56. The first-order valence-corrected chi connectivity index (χ1v) is 6.23. The van der Waals surface area contributed by atoms with E-state index in [1.807, 2.05) is 0 Å². The summed E-state index contributed by atoms with van der Waals surface area (Å²) in [5.74, 6) is 0.655. The van der Waals surface area contributed by atoms with Gasteiger partial charge in [-0.3, -0.25) is 0 Å². The van der Waals surface area contributed by atoms with E-state index < -0.39 is 13.0 Å². The van der Waals surface area contributed by atoms with Gasteiger partial charge in [-0.05, 0) is 36.0 Å². The van der Waals surface area contributed by atoms with Crippen LogP contribution < -0.4 is 5.32 Å². The Morgan fingerprint density at radius 3 is 2.59 bits per heavy atom. The monoisotopic (exact) mass is 245 g/mol. The Morgan fingerprint density at radius 1 is 1.41 bits per heavy atom. The fourth-order valence-electron chi connectivity index (χ4n) is 3.68. The van der Waals surface area contributed by atoms with E-state index in [0.29, 0.717) is 17.9 Å². The van der Waals surface area contributed by atoms with Gasteiger partial charge in [0, 0.05) is 6.54 Å². The van der Waals surface area contributed by atoms with Crippen LogP contribution >= 0.6 is 0 Å². The van der Waals surface area contributed by atoms with E-state index in [1.54, 1.807) is 0 Å². The molecule has 0 radical (unpaired) electrons. The van der Waals surface area contributed by atoms with Crippen LogP contribution in [-0.4, -0.2) is 19.5 Å². The molecule has 100 valence electrons. The Morgan fingerprint density at radius 2 is 2.06 bits per heavy atom. The minimum atomic E-state index is -1.07. The lowest BCUT2D eigenvalue weighted by Gasteiger charge is -2.45. The van der Waals surface area contributed by atoms with E-state index in [2.05, 4.69) is 37.7 Å². The SMILES string of the molecule is CC1CC(C)(C)CC(C)(CNC(=O)OCF)C1. The molecule has 0 aliphatic heterocycles. The number of alkyl carbamates (subject to hydrolysis) is 1. The maximum absolute atomic E-state index is 11.8. The fourth-order valence-corrected chi connectivity index (χ4v) is 3.68. The first-order valence-electron chi connectivity index (χ1n) is 6.23. The summed E-state index contributed by atoms with van der Waals surface area (Å²) < 4.78 is 16.0. The molecular formula is C13H24FNO2. The molecule has 1 N–H and O–H groups in total. The molecule has 1 fully saturated rings. The number of rotatable bonds is 3. The van der Waals surface area contributed by atoms with Crippen LogP contribution in [0.2, 0.25) is 0 Å². The third-order valence-electron chi connectivity index (χ3n) is 3.49. The van der Waals surface area contributed by atoms with Crippen molar-refractivity contribution in [2.75, 3.05) is 13.4 Å². The highest BCUT2D eigenvalue weighted by Gasteiger charge is 2.39. The highest BCUT2D eigenvalue weighted by molar-refractivity contribution is 5.67. The number of halogens is 1. The molecule has 0 aromatic carbocycles. The van der Waals surface area contributed by atoms with E-state index in [-0.39, 0.29) is 5.41 Å². The van der Waals surface area contributed by atoms with Gasteiger partial charge < -0.3 is 10.1 Å². The second-order valence-corrected chi connectivity index (χ2v) is 6.56. The molecule has 4 heteroatoms. The number of carbonyl (C=O) groups is 1. The topological polar surface area (TPSA) is 38.3 Å². The Bertz CT molecular complexity index is 281. The molecular weight excluding hydrogens is 221 g/mol. The Hall–Kier alpha value is -0.800. The molecule has 0 aromatic rings. The Labute approximate surface area is 103 Å². The highest BCUT2D eigenvalue weighted by Crippen LogP contribution is 2.48. The molecule has 1 amide bonds. The van der Waals surface area contributed by atoms with Gasteiger partial charge in [0.2, 0.25) is 6.86 Å². The van der Waals surface area contributed by atoms with Crippen molar-refractivity contribution in [1.29, 1.82) is 0 Å². The van der Waals surface area contributed by atoms with E-state index in [4.69, 9.17) is 0 Å². The van der Waals surface area contributed by atoms with Crippen LogP contribution in [0.15, 0.2) is 0 Å². The Balaban J connectivity index is 2.52. The average molecular weight is 245 g/mol. The quantitative estimate of drug-likeness (QED) is 0.826. The van der Waals surface area contributed by atoms with Gasteiger partial charge in [0.15, 0.2) is 0 Å². The number of amides is 1. The standard InChI is InChI=1S/C13H24FNO2/c1-10-5-12(2,3)7-13(4,6-10)8-15-11(16)17-9-14/h10H,5-9H2,1-4H3,(H,15,16). The largest absolute Gasteiger partial charge is 0.418 e. The van der Waals surface area contributed by atoms with Crippen LogP contribution in [0.3, 0.4) is 0 Å². The summed E-state index contributed by atoms with van der Waals surface area (Å²) in [6, 6.07) is 0. The highest BCUT2D eigenvalue weighted by atomic mass is 19.1. The number of hydrogen-bond donors (Lipinski definition) is 1. The van der Waals surface area contributed by atoms with Crippen molar-refractivity contribution in [3.63, 3.8) is 0 Å². The minimum Gasteiger partial charge on any atom is -0.418 e. The lowest BCUT2D eigenvalue weighted by Crippen LogP contribution is -2.43. The molecule has 17 heavy (non-hydrogen) atoms. The summed E-state index contributed by atoms with van der Waals surface area (Å²) in [6.45, 7) is 8.45. The van der Waals surface area contributed by atoms with Crippen molar-refractivity contribution in [1.82, 2.24) is 5.32 Å². The number of alkyl halides is 1. The van der Waals surface area contributed by atoms with Gasteiger partial charge in [0.1, 0.15) is 0 Å². The molecule has 3 nitrogen and oxygen atoms in total. The van der Waals surface area contributed by atoms with Crippen LogP contribution in [0.1, 0.15) is 47.0 Å². The van der Waals surface area contributed by atoms with Gasteiger partial charge >= 0.3 is 6.09 Å². The van der Waals surface area contributed by atoms with Gasteiger partial charge in [0.05, 0.1) is 0 Å². The molecule has 0 saturated heterocycles. The first kappa shape index (κ1) is 14.3. The van der Waals surface area contributed by atoms with Crippen molar-refractivity contribution >= 4 is 6.09 Å². The maximum atomic E-state index is 11.8. The summed E-state index contributed by atoms with van der Waals surface area (Å²) in [5, 5.41) is 2.65. The van der Waals surface area contributed by atoms with E-state index in [0.717, 1.165) is 12.8 Å². The Kier molecular flexibility index (Phi) is 4.39. The molecule has 2 atom stereocenters. The molecule has 0 spiro atoms. The first-order chi connectivity index (χ1) is 7.76. The van der Waals surface area contributed by atoms with Crippen molar-refractivity contribution in [2.24, 2.45) is 16.7 Å². The fraction of sp³-hybridized carbons (Fsp3) is 0.923. The lowest BCUT2D eigenvalue weighted by atomic mass is 9.61. The molecule has 0 bridgehead atoms. The van der Waals surface area contributed by atoms with Gasteiger partial charge in [0.25, 0.3) is 0 Å². The molecule has 1 aliphatic rings. The normalized spacial score (nSPS) is 31.9. The van der Waals surface area contributed by atoms with Gasteiger partial charge in [-0.1, -0.05) is 27.7 Å². The van der Waals surface area contributed by atoms with Crippen molar-refractivity contribution in [3.05, 3.63) is 0 Å². The van der Waals surface area contributed by atoms with Crippen molar-refractivity contribution in [3.8, 4) is 0 Å². The number of hydrogen-bond acceptors (Lipinski definition) is 2. The molecule has 2 unspecified atom stereocenters. The number of carbonyl (C=O) groups excluding carboxylic acids is 1. The third kappa shape index (κ3) is 4.52. The number of ether oxygens (including phenoxy) is 1. The van der Waals surface area contributed by atoms with Crippen LogP contribution in [-0.2, 0) is 4.74 Å². The van der Waals surface area contributed by atoms with Crippen LogP contribution in [0.5, 0.6) is 0 Å². The smallest absolute Gasteiger partial charge is 0.409 e. The van der Waals surface area contributed by atoms with Gasteiger partial charge in [-0.25, -0.2) is 9.18 Å². The molecule has 1 saturated carbocycles. The zero-order chi connectivity index (χ0) is 13.1. The average Bonchev–Trinajstić information content (AvgIpc) is 2.11. The molecule has 1 aliphatic carbocycles. The number of nitrogens with one attached hydrogen (secondary N) is 1. The molecule has 0 aromatic heterocycles. The van der Waals surface area contributed by atoms with E-state index >= 15 is 0 Å². The van der Waals surface area contributed by atoms with E-state index in [9.17, 15) is 9.18 Å². The zero-order valence-electron chi connectivity index (χ0n) is 11.3. The van der Waals surface area contributed by atoms with E-state index in [1.165, 1.54) is 6.42 Å². The maximum Gasteiger partial charge on any atom is 0.409 e. The predicted octanol–water partition coefficient (Wildman–Crippen LogP) is 3.49. The summed E-state index contributed by atoms with van der Waals surface area (Å²) in [4.78, 5) is 11.1. The lowest BCUT2D eigenvalue weighted by molar-refractivity contribution is 0.0534. The van der Waals surface area contributed by atoms with Crippen LogP contribution in [0.4, 0.5) is 9.18 Å². The zero-order valence-corrected chi connectivity index (χ0v) is 11.3. The summed E-state index contributed by atoms with van der Waals surface area (Å²) in [7, 11) is 0. The minimum absolute atomic E-state index is 0.0799.